The molecule has 0 unspecified atom stereocenters. The molecule has 2 heterocycles. The fraction of sp³-hybridized carbons (Fsp3) is 0.400. The molecule has 2 atom stereocenters. The Morgan fingerprint density at radius 3 is 2.80 bits per heavy atom. The van der Waals surface area contributed by atoms with Crippen molar-refractivity contribution < 1.29 is 9.90 Å². The third-order valence-corrected chi connectivity index (χ3v) is 4.74. The summed E-state index contributed by atoms with van der Waals surface area (Å²) in [6.45, 7) is 2.74. The van der Waals surface area contributed by atoms with E-state index >= 15 is 0 Å². The predicted molar refractivity (Wildman–Crippen MR) is 97.9 cm³/mol. The maximum atomic E-state index is 12.7. The summed E-state index contributed by atoms with van der Waals surface area (Å²) in [6, 6.07) is 8.11. The summed E-state index contributed by atoms with van der Waals surface area (Å²) in [5, 5.41) is 14.6. The number of rotatable bonds is 4. The summed E-state index contributed by atoms with van der Waals surface area (Å²) in [4.78, 5) is 14.5. The van der Waals surface area contributed by atoms with Crippen LogP contribution in [0.5, 0.6) is 0 Å². The lowest BCUT2D eigenvalue weighted by Gasteiger charge is -2.38. The van der Waals surface area contributed by atoms with Crippen LogP contribution in [0.2, 0.25) is 0 Å². The van der Waals surface area contributed by atoms with Gasteiger partial charge < -0.3 is 10.0 Å². The first kappa shape index (κ1) is 17.4. The van der Waals surface area contributed by atoms with E-state index in [0.29, 0.717) is 13.0 Å². The van der Waals surface area contributed by atoms with Gasteiger partial charge in [0, 0.05) is 31.4 Å². The standard InChI is InChI=1S/C20H25N3O2/c1-15-5-7-16(8-6-15)12-18-19(24)4-3-11-23(18)20(25)10-9-17-13-21-22(2)14-17/h5-10,13-14,18-19,24H,3-4,11-12H2,1-2H3/b10-9+/t18-,19-/m0/s1. The van der Waals surface area contributed by atoms with Gasteiger partial charge in [0.15, 0.2) is 0 Å². The fourth-order valence-corrected chi connectivity index (χ4v) is 3.31. The summed E-state index contributed by atoms with van der Waals surface area (Å²) in [5.74, 6) is -0.0558. The van der Waals surface area contributed by atoms with Crippen LogP contribution in [0.4, 0.5) is 0 Å². The molecule has 25 heavy (non-hydrogen) atoms. The first-order valence-electron chi connectivity index (χ1n) is 8.74. The molecule has 5 nitrogen and oxygen atoms in total. The highest BCUT2D eigenvalue weighted by atomic mass is 16.3. The Hall–Kier alpha value is -2.40. The number of piperidine rings is 1. The summed E-state index contributed by atoms with van der Waals surface area (Å²) >= 11 is 0. The Morgan fingerprint density at radius 1 is 1.36 bits per heavy atom. The highest BCUT2D eigenvalue weighted by Gasteiger charge is 2.32. The van der Waals surface area contributed by atoms with Gasteiger partial charge in [0.05, 0.1) is 18.3 Å². The lowest BCUT2D eigenvalue weighted by Crippen LogP contribution is -2.51. The fourth-order valence-electron chi connectivity index (χ4n) is 3.31. The second-order valence-corrected chi connectivity index (χ2v) is 6.78. The first-order valence-corrected chi connectivity index (χ1v) is 8.74. The Kier molecular flexibility index (Phi) is 5.34. The zero-order valence-corrected chi connectivity index (χ0v) is 14.8. The van der Waals surface area contributed by atoms with Crippen molar-refractivity contribution >= 4 is 12.0 Å². The second kappa shape index (κ2) is 7.66. The van der Waals surface area contributed by atoms with Gasteiger partial charge in [-0.3, -0.25) is 9.48 Å². The maximum Gasteiger partial charge on any atom is 0.246 e. The number of aromatic nitrogens is 2. The van der Waals surface area contributed by atoms with Crippen molar-refractivity contribution in [2.75, 3.05) is 6.54 Å². The Bertz CT molecular complexity index is 749. The number of aliphatic hydroxyl groups is 1. The van der Waals surface area contributed by atoms with Crippen molar-refractivity contribution in [2.45, 2.75) is 38.3 Å². The van der Waals surface area contributed by atoms with Crippen molar-refractivity contribution in [3.63, 3.8) is 0 Å². The lowest BCUT2D eigenvalue weighted by molar-refractivity contribution is -0.133. The molecule has 1 amide bonds. The van der Waals surface area contributed by atoms with Crippen molar-refractivity contribution in [1.29, 1.82) is 0 Å². The predicted octanol–water partition coefficient (Wildman–Crippen LogP) is 2.34. The summed E-state index contributed by atoms with van der Waals surface area (Å²) in [5.41, 5.74) is 3.24. The smallest absolute Gasteiger partial charge is 0.246 e. The number of nitrogens with zero attached hydrogens (tertiary/aromatic N) is 3. The number of aryl methyl sites for hydroxylation is 2. The minimum Gasteiger partial charge on any atom is -0.391 e. The Balaban J connectivity index is 1.73. The van der Waals surface area contributed by atoms with Crippen molar-refractivity contribution in [3.8, 4) is 0 Å². The van der Waals surface area contributed by atoms with Gasteiger partial charge in [-0.1, -0.05) is 29.8 Å². The van der Waals surface area contributed by atoms with Gasteiger partial charge in [-0.25, -0.2) is 0 Å². The number of carbonyl (C=O) groups excluding carboxylic acids is 1. The van der Waals surface area contributed by atoms with Crippen LogP contribution in [0.1, 0.15) is 29.5 Å². The SMILES string of the molecule is Cc1ccc(C[C@H]2[C@@H](O)CCCN2C(=O)/C=C/c2cnn(C)c2)cc1. The molecule has 5 heteroatoms. The number of likely N-dealkylation sites (tertiary alicyclic amines) is 1. The van der Waals surface area contributed by atoms with E-state index in [1.165, 1.54) is 5.56 Å². The number of hydrogen-bond donors (Lipinski definition) is 1. The van der Waals surface area contributed by atoms with E-state index in [0.717, 1.165) is 24.0 Å². The minimum atomic E-state index is -0.481. The minimum absolute atomic E-state index is 0.0558. The number of hydrogen-bond acceptors (Lipinski definition) is 3. The molecule has 1 N–H and O–H groups in total. The van der Waals surface area contributed by atoms with Crippen LogP contribution < -0.4 is 0 Å². The molecule has 1 aliphatic heterocycles. The topological polar surface area (TPSA) is 58.4 Å². The molecule has 1 saturated heterocycles. The molecule has 1 fully saturated rings. The van der Waals surface area contributed by atoms with Crippen molar-refractivity contribution in [1.82, 2.24) is 14.7 Å². The number of benzene rings is 1. The van der Waals surface area contributed by atoms with Gasteiger partial charge in [0.25, 0.3) is 0 Å². The zero-order chi connectivity index (χ0) is 17.8. The van der Waals surface area contributed by atoms with Crippen LogP contribution in [0, 0.1) is 6.92 Å². The number of carbonyl (C=O) groups is 1. The molecule has 2 aromatic rings. The largest absolute Gasteiger partial charge is 0.391 e. The average molecular weight is 339 g/mol. The molecule has 0 aliphatic carbocycles. The third kappa shape index (κ3) is 4.37. The van der Waals surface area contributed by atoms with Gasteiger partial charge in [0.1, 0.15) is 0 Å². The van der Waals surface area contributed by atoms with Gasteiger partial charge in [-0.15, -0.1) is 0 Å². The Morgan fingerprint density at radius 2 is 2.12 bits per heavy atom. The van der Waals surface area contributed by atoms with E-state index in [1.54, 1.807) is 27.9 Å². The molecule has 3 rings (SSSR count). The molecular weight excluding hydrogens is 314 g/mol. The van der Waals surface area contributed by atoms with Crippen molar-refractivity contribution in [3.05, 3.63) is 59.4 Å². The van der Waals surface area contributed by atoms with Crippen LogP contribution in [0.3, 0.4) is 0 Å². The highest BCUT2D eigenvalue weighted by molar-refractivity contribution is 5.92. The number of aliphatic hydroxyl groups excluding tert-OH is 1. The summed E-state index contributed by atoms with van der Waals surface area (Å²) in [6.07, 6.45) is 8.71. The molecular formula is C20H25N3O2. The molecule has 0 radical (unpaired) electrons. The molecule has 0 spiro atoms. The van der Waals surface area contributed by atoms with E-state index in [4.69, 9.17) is 0 Å². The molecule has 132 valence electrons. The maximum absolute atomic E-state index is 12.7. The monoisotopic (exact) mass is 339 g/mol. The molecule has 0 bridgehead atoms. The quantitative estimate of drug-likeness (QED) is 0.870. The van der Waals surface area contributed by atoms with Crippen LogP contribution >= 0.6 is 0 Å². The van der Waals surface area contributed by atoms with Gasteiger partial charge in [-0.2, -0.15) is 5.10 Å². The lowest BCUT2D eigenvalue weighted by atomic mass is 9.92. The highest BCUT2D eigenvalue weighted by Crippen LogP contribution is 2.22. The van der Waals surface area contributed by atoms with Gasteiger partial charge in [0.2, 0.25) is 5.91 Å². The third-order valence-electron chi connectivity index (χ3n) is 4.74. The van der Waals surface area contributed by atoms with E-state index < -0.39 is 6.10 Å². The molecule has 1 aromatic heterocycles. The van der Waals surface area contributed by atoms with E-state index in [9.17, 15) is 9.90 Å². The van der Waals surface area contributed by atoms with Crippen LogP contribution in [0.15, 0.2) is 42.7 Å². The Labute approximate surface area is 148 Å². The molecule has 0 saturated carbocycles. The van der Waals surface area contributed by atoms with Gasteiger partial charge in [-0.05, 0) is 37.8 Å². The normalized spacial score (nSPS) is 21.0. The second-order valence-electron chi connectivity index (χ2n) is 6.78. The number of amides is 1. The average Bonchev–Trinajstić information content (AvgIpc) is 3.02. The zero-order valence-electron chi connectivity index (χ0n) is 14.8. The summed E-state index contributed by atoms with van der Waals surface area (Å²) in [7, 11) is 1.84. The first-order chi connectivity index (χ1) is 12.0. The van der Waals surface area contributed by atoms with E-state index in [1.807, 2.05) is 13.2 Å². The van der Waals surface area contributed by atoms with Crippen molar-refractivity contribution in [2.24, 2.45) is 7.05 Å². The molecule has 1 aromatic carbocycles. The van der Waals surface area contributed by atoms with Crippen LogP contribution in [-0.4, -0.2) is 44.4 Å². The van der Waals surface area contributed by atoms with E-state index in [-0.39, 0.29) is 11.9 Å². The van der Waals surface area contributed by atoms with Gasteiger partial charge >= 0.3 is 0 Å². The van der Waals surface area contributed by atoms with Crippen LogP contribution in [-0.2, 0) is 18.3 Å². The van der Waals surface area contributed by atoms with Crippen LogP contribution in [0.25, 0.3) is 6.08 Å². The molecule has 1 aliphatic rings. The summed E-state index contributed by atoms with van der Waals surface area (Å²) < 4.78 is 1.70. The van der Waals surface area contributed by atoms with E-state index in [2.05, 4.69) is 36.3 Å².